The largest absolute Gasteiger partial charge is 0.462 e. The fraction of sp³-hybridized carbons (Fsp3) is 0.818. The maximum Gasteiger partial charge on any atom is 0.313 e. The molecule has 82 valence electrons. The first-order valence-electron chi connectivity index (χ1n) is 5.35. The Hall–Kier alpha value is -0.860. The molecule has 3 heteroatoms. The van der Waals surface area contributed by atoms with Crippen LogP contribution < -0.4 is 0 Å². The lowest BCUT2D eigenvalue weighted by atomic mass is 10.1. The van der Waals surface area contributed by atoms with Gasteiger partial charge in [0.15, 0.2) is 0 Å². The number of rotatable bonds is 7. The van der Waals surface area contributed by atoms with E-state index < -0.39 is 0 Å². The van der Waals surface area contributed by atoms with Gasteiger partial charge in [0.05, 0.1) is 0 Å². The van der Waals surface area contributed by atoms with Crippen molar-refractivity contribution < 1.29 is 14.3 Å². The van der Waals surface area contributed by atoms with Crippen LogP contribution in [0, 0.1) is 0 Å². The van der Waals surface area contributed by atoms with E-state index in [1.165, 1.54) is 0 Å². The molecule has 0 aromatic rings. The third kappa shape index (κ3) is 5.73. The summed E-state index contributed by atoms with van der Waals surface area (Å²) in [5.41, 5.74) is 0. The monoisotopic (exact) mass is 200 g/mol. The van der Waals surface area contributed by atoms with Crippen molar-refractivity contribution in [1.82, 2.24) is 0 Å². The molecule has 0 bridgehead atoms. The minimum Gasteiger partial charge on any atom is -0.462 e. The molecule has 0 aliphatic carbocycles. The first-order valence-corrected chi connectivity index (χ1v) is 5.35. The molecule has 0 aliphatic rings. The van der Waals surface area contributed by atoms with Gasteiger partial charge < -0.3 is 4.74 Å². The zero-order valence-corrected chi connectivity index (χ0v) is 9.34. The van der Waals surface area contributed by atoms with Crippen molar-refractivity contribution in [3.8, 4) is 0 Å². The van der Waals surface area contributed by atoms with Gasteiger partial charge in [0.2, 0.25) is 0 Å². The van der Waals surface area contributed by atoms with E-state index in [2.05, 4.69) is 0 Å². The van der Waals surface area contributed by atoms with E-state index in [9.17, 15) is 9.59 Å². The smallest absolute Gasteiger partial charge is 0.313 e. The van der Waals surface area contributed by atoms with Gasteiger partial charge in [-0.25, -0.2) is 0 Å². The lowest BCUT2D eigenvalue weighted by Gasteiger charge is -2.14. The van der Waals surface area contributed by atoms with Gasteiger partial charge in [-0.3, -0.25) is 9.59 Å². The van der Waals surface area contributed by atoms with Gasteiger partial charge in [-0.1, -0.05) is 27.2 Å². The van der Waals surface area contributed by atoms with Crippen LogP contribution in [0.5, 0.6) is 0 Å². The molecule has 1 atom stereocenters. The quantitative estimate of drug-likeness (QED) is 0.468. The van der Waals surface area contributed by atoms with Crippen LogP contribution in [0.15, 0.2) is 0 Å². The number of carbonyl (C=O) groups excluding carboxylic acids is 2. The maximum atomic E-state index is 11.2. The van der Waals surface area contributed by atoms with Crippen LogP contribution >= 0.6 is 0 Å². The number of ether oxygens (including phenoxy) is 1. The highest BCUT2D eigenvalue weighted by atomic mass is 16.5. The topological polar surface area (TPSA) is 43.4 Å². The number of esters is 1. The van der Waals surface area contributed by atoms with Crippen molar-refractivity contribution in [2.75, 3.05) is 0 Å². The third-order valence-corrected chi connectivity index (χ3v) is 2.10. The molecule has 3 nitrogen and oxygen atoms in total. The number of carbonyl (C=O) groups is 2. The lowest BCUT2D eigenvalue weighted by Crippen LogP contribution is -2.19. The van der Waals surface area contributed by atoms with Crippen molar-refractivity contribution in [1.29, 1.82) is 0 Å². The van der Waals surface area contributed by atoms with E-state index in [-0.39, 0.29) is 24.3 Å². The molecule has 0 radical (unpaired) electrons. The van der Waals surface area contributed by atoms with E-state index in [0.29, 0.717) is 6.42 Å². The molecule has 0 aliphatic heterocycles. The predicted molar refractivity (Wildman–Crippen MR) is 55.0 cm³/mol. The average Bonchev–Trinajstić information content (AvgIpc) is 2.16. The maximum absolute atomic E-state index is 11.2. The van der Waals surface area contributed by atoms with Crippen LogP contribution in [0.4, 0.5) is 0 Å². The highest BCUT2D eigenvalue weighted by molar-refractivity contribution is 5.95. The van der Waals surface area contributed by atoms with Crippen molar-refractivity contribution >= 4 is 11.8 Å². The second kappa shape index (κ2) is 7.54. The summed E-state index contributed by atoms with van der Waals surface area (Å²) in [4.78, 5) is 22.2. The number of hydrogen-bond acceptors (Lipinski definition) is 3. The van der Waals surface area contributed by atoms with Gasteiger partial charge in [0, 0.05) is 6.42 Å². The molecular weight excluding hydrogens is 180 g/mol. The second-order valence-corrected chi connectivity index (χ2v) is 3.38. The van der Waals surface area contributed by atoms with Crippen molar-refractivity contribution in [3.05, 3.63) is 0 Å². The molecular formula is C11H20O3. The summed E-state index contributed by atoms with van der Waals surface area (Å²) in [5.74, 6) is -0.432. The Morgan fingerprint density at radius 1 is 1.21 bits per heavy atom. The first-order chi connectivity index (χ1) is 6.63. The third-order valence-electron chi connectivity index (χ3n) is 2.10. The average molecular weight is 200 g/mol. The molecule has 0 aromatic heterocycles. The number of hydrogen-bond donors (Lipinski definition) is 0. The van der Waals surface area contributed by atoms with Gasteiger partial charge in [-0.2, -0.15) is 0 Å². The van der Waals surface area contributed by atoms with Crippen LogP contribution in [0.3, 0.4) is 0 Å². The van der Waals surface area contributed by atoms with E-state index in [4.69, 9.17) is 4.74 Å². The van der Waals surface area contributed by atoms with Crippen molar-refractivity contribution in [3.63, 3.8) is 0 Å². The Bertz CT molecular complexity index is 187. The molecule has 0 N–H and O–H groups in total. The molecule has 0 amide bonds. The van der Waals surface area contributed by atoms with Gasteiger partial charge in [0.25, 0.3) is 0 Å². The van der Waals surface area contributed by atoms with E-state index >= 15 is 0 Å². The minimum absolute atomic E-state index is 0.0165. The van der Waals surface area contributed by atoms with Gasteiger partial charge in [0.1, 0.15) is 18.3 Å². The predicted octanol–water partition coefficient (Wildman–Crippen LogP) is 2.48. The molecule has 0 heterocycles. The zero-order valence-electron chi connectivity index (χ0n) is 9.34. The lowest BCUT2D eigenvalue weighted by molar-refractivity contribution is -0.151. The summed E-state index contributed by atoms with van der Waals surface area (Å²) < 4.78 is 5.15. The molecule has 0 aromatic carbocycles. The molecule has 1 unspecified atom stereocenters. The summed E-state index contributed by atoms with van der Waals surface area (Å²) in [6.45, 7) is 5.78. The van der Waals surface area contributed by atoms with Crippen LogP contribution in [-0.4, -0.2) is 17.9 Å². The van der Waals surface area contributed by atoms with Crippen molar-refractivity contribution in [2.45, 2.75) is 59.0 Å². The molecule has 14 heavy (non-hydrogen) atoms. The van der Waals surface area contributed by atoms with Crippen LogP contribution in [0.25, 0.3) is 0 Å². The summed E-state index contributed by atoms with van der Waals surface area (Å²) in [6, 6.07) is 0. The van der Waals surface area contributed by atoms with Gasteiger partial charge in [-0.15, -0.1) is 0 Å². The van der Waals surface area contributed by atoms with Gasteiger partial charge >= 0.3 is 5.97 Å². The van der Waals surface area contributed by atoms with E-state index in [1.54, 1.807) is 6.92 Å². The normalized spacial score (nSPS) is 12.2. The summed E-state index contributed by atoms with van der Waals surface area (Å²) in [5, 5.41) is 0. The van der Waals surface area contributed by atoms with E-state index in [0.717, 1.165) is 19.3 Å². The Morgan fingerprint density at radius 2 is 1.86 bits per heavy atom. The number of Topliss-reactive ketones (excluding diaryl/α,β-unsaturated/α-hetero) is 1. The molecule has 0 saturated heterocycles. The van der Waals surface area contributed by atoms with Crippen molar-refractivity contribution in [2.24, 2.45) is 0 Å². The fourth-order valence-corrected chi connectivity index (χ4v) is 1.18. The Kier molecular flexibility index (Phi) is 7.07. The van der Waals surface area contributed by atoms with Gasteiger partial charge in [-0.05, 0) is 12.8 Å². The fourth-order valence-electron chi connectivity index (χ4n) is 1.18. The Morgan fingerprint density at radius 3 is 2.29 bits per heavy atom. The second-order valence-electron chi connectivity index (χ2n) is 3.38. The van der Waals surface area contributed by atoms with Crippen LogP contribution in [0.1, 0.15) is 52.9 Å². The van der Waals surface area contributed by atoms with E-state index in [1.807, 2.05) is 13.8 Å². The van der Waals surface area contributed by atoms with Crippen LogP contribution in [0.2, 0.25) is 0 Å². The minimum atomic E-state index is -0.378. The SMILES string of the molecule is CCCC(CC)OC(=O)CC(=O)CC. The molecule has 0 spiro atoms. The zero-order chi connectivity index (χ0) is 11.0. The standard InChI is InChI=1S/C11H20O3/c1-4-7-10(6-3)14-11(13)8-9(12)5-2/h10H,4-8H2,1-3H3. The Balaban J connectivity index is 3.84. The highest BCUT2D eigenvalue weighted by Gasteiger charge is 2.13. The summed E-state index contributed by atoms with van der Waals surface area (Å²) in [7, 11) is 0. The summed E-state index contributed by atoms with van der Waals surface area (Å²) >= 11 is 0. The van der Waals surface area contributed by atoms with Crippen LogP contribution in [-0.2, 0) is 14.3 Å². The summed E-state index contributed by atoms with van der Waals surface area (Å²) in [6.07, 6.45) is 3.00. The molecule has 0 saturated carbocycles. The molecule has 0 fully saturated rings. The Labute approximate surface area is 85.8 Å². The number of ketones is 1. The highest BCUT2D eigenvalue weighted by Crippen LogP contribution is 2.07. The first kappa shape index (κ1) is 13.1. The molecule has 0 rings (SSSR count).